The van der Waals surface area contributed by atoms with Gasteiger partial charge in [-0.25, -0.2) is 4.99 Å². The molecule has 3 rings (SSSR count). The van der Waals surface area contributed by atoms with Crippen molar-refractivity contribution >= 4 is 5.96 Å². The summed E-state index contributed by atoms with van der Waals surface area (Å²) in [6.07, 6.45) is 3.97. The summed E-state index contributed by atoms with van der Waals surface area (Å²) in [5.41, 5.74) is 0.877. The summed E-state index contributed by atoms with van der Waals surface area (Å²) < 4.78 is 6.83. The molecule has 118 valence electrons. The normalized spacial score (nSPS) is 15.1. The molecule has 0 spiro atoms. The molecule has 0 aliphatic heterocycles. The minimum Gasteiger partial charge on any atom is -0.364 e. The van der Waals surface area contributed by atoms with Gasteiger partial charge in [0.05, 0.1) is 6.54 Å². The fourth-order valence-corrected chi connectivity index (χ4v) is 2.06. The fraction of sp³-hybridized carbons (Fsp3) is 0.571. The lowest BCUT2D eigenvalue weighted by molar-refractivity contribution is 0.390. The minimum atomic E-state index is 0.496. The third-order valence-corrected chi connectivity index (χ3v) is 3.72. The Morgan fingerprint density at radius 3 is 2.91 bits per heavy atom. The molecule has 2 heterocycles. The standard InChI is InChI=1S/C14H21N7O/c1-10-17-18-13(21(10)3)8-15-14(16-11-4-5-11)20(2)9-12-6-7-22-19-12/h6-7,11H,4-5,8-9H2,1-3H3,(H,15,16). The molecule has 8 heteroatoms. The summed E-state index contributed by atoms with van der Waals surface area (Å²) in [4.78, 5) is 6.72. The zero-order chi connectivity index (χ0) is 15.5. The number of aliphatic imine (C=N–C) groups is 1. The molecule has 0 bridgehead atoms. The predicted molar refractivity (Wildman–Crippen MR) is 81.0 cm³/mol. The van der Waals surface area contributed by atoms with E-state index in [1.165, 1.54) is 12.8 Å². The van der Waals surface area contributed by atoms with Gasteiger partial charge in [0.2, 0.25) is 0 Å². The summed E-state index contributed by atoms with van der Waals surface area (Å²) in [6, 6.07) is 2.39. The molecule has 0 unspecified atom stereocenters. The summed E-state index contributed by atoms with van der Waals surface area (Å²) >= 11 is 0. The predicted octanol–water partition coefficient (Wildman–Crippen LogP) is 0.852. The van der Waals surface area contributed by atoms with Gasteiger partial charge >= 0.3 is 0 Å². The van der Waals surface area contributed by atoms with Crippen LogP contribution in [-0.2, 0) is 20.1 Å². The molecule has 2 aromatic heterocycles. The summed E-state index contributed by atoms with van der Waals surface area (Å²) in [7, 11) is 3.94. The first kappa shape index (κ1) is 14.6. The Morgan fingerprint density at radius 1 is 1.50 bits per heavy atom. The highest BCUT2D eigenvalue weighted by molar-refractivity contribution is 5.80. The molecule has 1 aliphatic carbocycles. The third kappa shape index (κ3) is 3.44. The lowest BCUT2D eigenvalue weighted by Crippen LogP contribution is -2.39. The number of aromatic nitrogens is 4. The van der Waals surface area contributed by atoms with E-state index >= 15 is 0 Å². The van der Waals surface area contributed by atoms with E-state index in [0.29, 0.717) is 19.1 Å². The van der Waals surface area contributed by atoms with Gasteiger partial charge < -0.3 is 19.3 Å². The number of hydrogen-bond acceptors (Lipinski definition) is 5. The van der Waals surface area contributed by atoms with Crippen molar-refractivity contribution in [3.63, 3.8) is 0 Å². The molecule has 1 aliphatic rings. The van der Waals surface area contributed by atoms with Crippen LogP contribution in [0.3, 0.4) is 0 Å². The van der Waals surface area contributed by atoms with Crippen molar-refractivity contribution in [1.82, 2.24) is 30.1 Å². The van der Waals surface area contributed by atoms with Gasteiger partial charge in [-0.1, -0.05) is 5.16 Å². The van der Waals surface area contributed by atoms with Crippen LogP contribution in [0.5, 0.6) is 0 Å². The highest BCUT2D eigenvalue weighted by Crippen LogP contribution is 2.19. The molecule has 22 heavy (non-hydrogen) atoms. The van der Waals surface area contributed by atoms with Crippen LogP contribution in [0, 0.1) is 6.92 Å². The highest BCUT2D eigenvalue weighted by Gasteiger charge is 2.24. The van der Waals surface area contributed by atoms with Crippen molar-refractivity contribution < 1.29 is 4.52 Å². The summed E-state index contributed by atoms with van der Waals surface area (Å²) in [5, 5.41) is 15.6. The molecule has 8 nitrogen and oxygen atoms in total. The number of aryl methyl sites for hydroxylation is 1. The second kappa shape index (κ2) is 6.17. The number of hydrogen-bond donors (Lipinski definition) is 1. The van der Waals surface area contributed by atoms with Crippen LogP contribution in [-0.4, -0.2) is 43.9 Å². The van der Waals surface area contributed by atoms with Gasteiger partial charge in [-0.2, -0.15) is 0 Å². The van der Waals surface area contributed by atoms with Crippen LogP contribution < -0.4 is 5.32 Å². The van der Waals surface area contributed by atoms with E-state index in [-0.39, 0.29) is 0 Å². The van der Waals surface area contributed by atoms with E-state index < -0.39 is 0 Å². The maximum atomic E-state index is 4.88. The first-order valence-corrected chi connectivity index (χ1v) is 7.39. The van der Waals surface area contributed by atoms with E-state index in [4.69, 9.17) is 4.52 Å². The van der Waals surface area contributed by atoms with Gasteiger partial charge in [-0.05, 0) is 19.8 Å². The number of nitrogens with zero attached hydrogens (tertiary/aromatic N) is 6. The zero-order valence-electron chi connectivity index (χ0n) is 13.2. The lowest BCUT2D eigenvalue weighted by Gasteiger charge is -2.21. The Hall–Kier alpha value is -2.38. The minimum absolute atomic E-state index is 0.496. The molecular weight excluding hydrogens is 282 g/mol. The topological polar surface area (TPSA) is 84.4 Å². The van der Waals surface area contributed by atoms with E-state index in [0.717, 1.165) is 23.3 Å². The van der Waals surface area contributed by atoms with Crippen LogP contribution in [0.15, 0.2) is 21.8 Å². The van der Waals surface area contributed by atoms with Gasteiger partial charge in [0.1, 0.15) is 24.3 Å². The van der Waals surface area contributed by atoms with Gasteiger partial charge in [-0.3, -0.25) is 0 Å². The van der Waals surface area contributed by atoms with E-state index in [1.807, 2.05) is 36.6 Å². The van der Waals surface area contributed by atoms with Crippen molar-refractivity contribution in [2.75, 3.05) is 7.05 Å². The van der Waals surface area contributed by atoms with Gasteiger partial charge in [0.25, 0.3) is 0 Å². The third-order valence-electron chi connectivity index (χ3n) is 3.72. The van der Waals surface area contributed by atoms with Crippen molar-refractivity contribution in [1.29, 1.82) is 0 Å². The average molecular weight is 303 g/mol. The molecule has 0 atom stereocenters. The summed E-state index contributed by atoms with van der Waals surface area (Å²) in [6.45, 7) is 3.07. The molecule has 1 saturated carbocycles. The molecule has 1 fully saturated rings. The van der Waals surface area contributed by atoms with Crippen molar-refractivity contribution in [2.24, 2.45) is 12.0 Å². The summed E-state index contributed by atoms with van der Waals surface area (Å²) in [5.74, 6) is 2.59. The largest absolute Gasteiger partial charge is 0.364 e. The van der Waals surface area contributed by atoms with Gasteiger partial charge in [0, 0.05) is 26.2 Å². The Labute approximate surface area is 129 Å². The SMILES string of the molecule is Cc1nnc(CN=C(NC2CC2)N(C)Cc2ccon2)n1C. The quantitative estimate of drug-likeness (QED) is 0.651. The second-order valence-corrected chi connectivity index (χ2v) is 5.63. The number of nitrogens with one attached hydrogen (secondary N) is 1. The molecule has 0 saturated heterocycles. The molecule has 0 radical (unpaired) electrons. The van der Waals surface area contributed by atoms with E-state index in [1.54, 1.807) is 6.26 Å². The van der Waals surface area contributed by atoms with Crippen molar-refractivity contribution in [3.05, 3.63) is 29.7 Å². The second-order valence-electron chi connectivity index (χ2n) is 5.63. The van der Waals surface area contributed by atoms with Gasteiger partial charge in [-0.15, -0.1) is 10.2 Å². The molecular formula is C14H21N7O. The van der Waals surface area contributed by atoms with Crippen LogP contribution in [0.1, 0.15) is 30.2 Å². The first-order chi connectivity index (χ1) is 10.6. The highest BCUT2D eigenvalue weighted by atomic mass is 16.5. The van der Waals surface area contributed by atoms with Crippen LogP contribution >= 0.6 is 0 Å². The molecule has 1 N–H and O–H groups in total. The molecule has 0 amide bonds. The monoisotopic (exact) mass is 303 g/mol. The maximum absolute atomic E-state index is 4.88. The smallest absolute Gasteiger partial charge is 0.194 e. The van der Waals surface area contributed by atoms with Gasteiger partial charge in [0.15, 0.2) is 11.8 Å². The van der Waals surface area contributed by atoms with Crippen LogP contribution in [0.2, 0.25) is 0 Å². The maximum Gasteiger partial charge on any atom is 0.194 e. The van der Waals surface area contributed by atoms with E-state index in [2.05, 4.69) is 25.7 Å². The van der Waals surface area contributed by atoms with Crippen LogP contribution in [0.25, 0.3) is 0 Å². The molecule has 0 aromatic carbocycles. The first-order valence-electron chi connectivity index (χ1n) is 7.39. The lowest BCUT2D eigenvalue weighted by atomic mass is 10.4. The molecule has 2 aromatic rings. The Kier molecular flexibility index (Phi) is 4.08. The Balaban J connectivity index is 1.70. The fourth-order valence-electron chi connectivity index (χ4n) is 2.06. The number of rotatable bonds is 5. The van der Waals surface area contributed by atoms with Crippen molar-refractivity contribution in [3.8, 4) is 0 Å². The Morgan fingerprint density at radius 2 is 2.32 bits per heavy atom. The zero-order valence-corrected chi connectivity index (χ0v) is 13.2. The van der Waals surface area contributed by atoms with E-state index in [9.17, 15) is 0 Å². The van der Waals surface area contributed by atoms with Crippen LogP contribution in [0.4, 0.5) is 0 Å². The van der Waals surface area contributed by atoms with Crippen molar-refractivity contribution in [2.45, 2.75) is 38.9 Å². The number of guanidine groups is 1. The average Bonchev–Trinajstić information content (AvgIpc) is 3.08. The Bertz CT molecular complexity index is 642.